The summed E-state index contributed by atoms with van der Waals surface area (Å²) < 4.78 is 43.2. The van der Waals surface area contributed by atoms with Crippen molar-refractivity contribution in [3.8, 4) is 0 Å². The highest BCUT2D eigenvalue weighted by Gasteiger charge is 2.32. The summed E-state index contributed by atoms with van der Waals surface area (Å²) in [6.07, 6.45) is -2.25. The molecule has 1 amide bonds. The summed E-state index contributed by atoms with van der Waals surface area (Å²) in [6, 6.07) is 2.49. The number of carbonyl (C=O) groups excluding carboxylic acids is 1. The summed E-state index contributed by atoms with van der Waals surface area (Å²) in [7, 11) is 0. The molecule has 0 atom stereocenters. The zero-order valence-electron chi connectivity index (χ0n) is 13.3. The number of hydrogen-bond acceptors (Lipinski definition) is 4. The maximum Gasteiger partial charge on any atom is 0.417 e. The van der Waals surface area contributed by atoms with Crippen LogP contribution in [0.15, 0.2) is 29.0 Å². The second-order valence-corrected chi connectivity index (χ2v) is 6.10. The molecule has 0 N–H and O–H groups in total. The average Bonchev–Trinajstić information content (AvgIpc) is 2.99. The van der Waals surface area contributed by atoms with Gasteiger partial charge in [0.15, 0.2) is 0 Å². The average molecular weight is 374 g/mol. The number of anilines is 1. The van der Waals surface area contributed by atoms with Gasteiger partial charge in [0.25, 0.3) is 5.91 Å². The Bertz CT molecular complexity index is 783. The molecule has 25 heavy (non-hydrogen) atoms. The van der Waals surface area contributed by atoms with Gasteiger partial charge in [0.05, 0.1) is 22.4 Å². The van der Waals surface area contributed by atoms with E-state index in [9.17, 15) is 18.0 Å². The predicted octanol–water partition coefficient (Wildman–Crippen LogP) is 3.62. The van der Waals surface area contributed by atoms with Crippen LogP contribution < -0.4 is 4.90 Å². The van der Waals surface area contributed by atoms with E-state index in [0.29, 0.717) is 43.3 Å². The Labute approximate surface area is 147 Å². The lowest BCUT2D eigenvalue weighted by Gasteiger charge is -2.35. The van der Waals surface area contributed by atoms with E-state index in [1.54, 1.807) is 22.8 Å². The lowest BCUT2D eigenvalue weighted by Crippen LogP contribution is -2.49. The van der Waals surface area contributed by atoms with Gasteiger partial charge in [-0.15, -0.1) is 0 Å². The van der Waals surface area contributed by atoms with Gasteiger partial charge in [-0.2, -0.15) is 13.2 Å². The van der Waals surface area contributed by atoms with Crippen LogP contribution in [0, 0.1) is 6.92 Å². The topological polar surface area (TPSA) is 49.6 Å². The van der Waals surface area contributed by atoms with E-state index in [0.717, 1.165) is 12.3 Å². The minimum atomic E-state index is -4.48. The number of furan rings is 1. The van der Waals surface area contributed by atoms with Crippen molar-refractivity contribution in [1.82, 2.24) is 9.88 Å². The fourth-order valence-corrected chi connectivity index (χ4v) is 3.00. The van der Waals surface area contributed by atoms with Crippen molar-refractivity contribution in [2.24, 2.45) is 0 Å². The minimum absolute atomic E-state index is 0.0553. The molecule has 0 saturated carbocycles. The smallest absolute Gasteiger partial charge is 0.417 e. The SMILES string of the molecule is Cc1occc1C(=O)N1CCN(c2ncc(C(F)(F)F)cc2Cl)CC1. The summed E-state index contributed by atoms with van der Waals surface area (Å²) >= 11 is 5.97. The van der Waals surface area contributed by atoms with Gasteiger partial charge in [0.2, 0.25) is 0 Å². The first-order valence-corrected chi connectivity index (χ1v) is 7.96. The number of halogens is 4. The number of aromatic nitrogens is 1. The molecule has 134 valence electrons. The second-order valence-electron chi connectivity index (χ2n) is 5.70. The number of aryl methyl sites for hydroxylation is 1. The van der Waals surface area contributed by atoms with Crippen molar-refractivity contribution >= 4 is 23.3 Å². The van der Waals surface area contributed by atoms with Crippen LogP contribution in [0.5, 0.6) is 0 Å². The first-order valence-electron chi connectivity index (χ1n) is 7.58. The summed E-state index contributed by atoms with van der Waals surface area (Å²) in [5.74, 6) is 0.721. The molecule has 5 nitrogen and oxygen atoms in total. The van der Waals surface area contributed by atoms with E-state index >= 15 is 0 Å². The number of hydrogen-bond donors (Lipinski definition) is 0. The van der Waals surface area contributed by atoms with Gasteiger partial charge in [0.1, 0.15) is 11.6 Å². The maximum atomic E-state index is 12.7. The Morgan fingerprint density at radius 1 is 1.28 bits per heavy atom. The van der Waals surface area contributed by atoms with Crippen molar-refractivity contribution < 1.29 is 22.4 Å². The Balaban J connectivity index is 1.68. The molecule has 0 aliphatic carbocycles. The highest BCUT2D eigenvalue weighted by Crippen LogP contribution is 2.33. The zero-order valence-corrected chi connectivity index (χ0v) is 14.1. The van der Waals surface area contributed by atoms with Crippen LogP contribution in [0.1, 0.15) is 21.7 Å². The maximum absolute atomic E-state index is 12.7. The predicted molar refractivity (Wildman–Crippen MR) is 85.8 cm³/mol. The van der Waals surface area contributed by atoms with Crippen LogP contribution in [0.2, 0.25) is 5.02 Å². The van der Waals surface area contributed by atoms with E-state index in [1.807, 2.05) is 0 Å². The Morgan fingerprint density at radius 3 is 2.48 bits per heavy atom. The number of amides is 1. The largest absolute Gasteiger partial charge is 0.469 e. The van der Waals surface area contributed by atoms with E-state index in [2.05, 4.69) is 4.98 Å². The third-order valence-electron chi connectivity index (χ3n) is 4.10. The van der Waals surface area contributed by atoms with Gasteiger partial charge in [-0.25, -0.2) is 4.98 Å². The molecule has 0 radical (unpaired) electrons. The molecule has 0 unspecified atom stereocenters. The van der Waals surface area contributed by atoms with E-state index in [4.69, 9.17) is 16.0 Å². The normalized spacial score (nSPS) is 15.6. The summed E-state index contributed by atoms with van der Waals surface area (Å²) in [5, 5.41) is -0.0553. The molecular weight excluding hydrogens is 359 g/mol. The molecular formula is C16H15ClF3N3O2. The number of rotatable bonds is 2. The highest BCUT2D eigenvalue weighted by molar-refractivity contribution is 6.33. The fourth-order valence-electron chi connectivity index (χ4n) is 2.72. The number of carbonyl (C=O) groups is 1. The minimum Gasteiger partial charge on any atom is -0.469 e. The van der Waals surface area contributed by atoms with Gasteiger partial charge in [0, 0.05) is 32.4 Å². The van der Waals surface area contributed by atoms with Gasteiger partial charge in [-0.05, 0) is 19.1 Å². The monoisotopic (exact) mass is 373 g/mol. The molecule has 0 aromatic carbocycles. The number of alkyl halides is 3. The van der Waals surface area contributed by atoms with Gasteiger partial charge < -0.3 is 14.2 Å². The summed E-state index contributed by atoms with van der Waals surface area (Å²) in [5.41, 5.74) is -0.371. The third kappa shape index (κ3) is 3.58. The van der Waals surface area contributed by atoms with E-state index in [-0.39, 0.29) is 10.9 Å². The summed E-state index contributed by atoms with van der Waals surface area (Å²) in [4.78, 5) is 19.7. The van der Waals surface area contributed by atoms with Crippen LogP contribution in [0.4, 0.5) is 19.0 Å². The molecule has 1 aliphatic heterocycles. The van der Waals surface area contributed by atoms with E-state index in [1.165, 1.54) is 6.26 Å². The first-order chi connectivity index (χ1) is 11.8. The van der Waals surface area contributed by atoms with Gasteiger partial charge in [-0.3, -0.25) is 4.79 Å². The Kier molecular flexibility index (Phi) is 4.64. The molecule has 0 bridgehead atoms. The second kappa shape index (κ2) is 6.59. The van der Waals surface area contributed by atoms with E-state index < -0.39 is 11.7 Å². The van der Waals surface area contributed by atoms with Crippen molar-refractivity contribution in [3.63, 3.8) is 0 Å². The number of nitrogens with zero attached hydrogens (tertiary/aromatic N) is 3. The molecule has 1 aliphatic rings. The lowest BCUT2D eigenvalue weighted by atomic mass is 10.2. The number of pyridine rings is 1. The van der Waals surface area contributed by atoms with Crippen LogP contribution >= 0.6 is 11.6 Å². The van der Waals surface area contributed by atoms with Gasteiger partial charge >= 0.3 is 6.18 Å². The molecule has 9 heteroatoms. The van der Waals surface area contributed by atoms with Crippen molar-refractivity contribution in [1.29, 1.82) is 0 Å². The lowest BCUT2D eigenvalue weighted by molar-refractivity contribution is -0.137. The van der Waals surface area contributed by atoms with Gasteiger partial charge in [-0.1, -0.05) is 11.6 Å². The van der Waals surface area contributed by atoms with Crippen LogP contribution in [0.3, 0.4) is 0 Å². The molecule has 0 spiro atoms. The number of piperazine rings is 1. The Hall–Kier alpha value is -2.22. The van der Waals surface area contributed by atoms with Crippen molar-refractivity contribution in [3.05, 3.63) is 46.5 Å². The highest BCUT2D eigenvalue weighted by atomic mass is 35.5. The van der Waals surface area contributed by atoms with Crippen molar-refractivity contribution in [2.45, 2.75) is 13.1 Å². The quantitative estimate of drug-likeness (QED) is 0.806. The fraction of sp³-hybridized carbons (Fsp3) is 0.375. The van der Waals surface area contributed by atoms with Crippen LogP contribution in [0.25, 0.3) is 0 Å². The molecule has 3 heterocycles. The molecule has 3 rings (SSSR count). The van der Waals surface area contributed by atoms with Crippen molar-refractivity contribution in [2.75, 3.05) is 31.1 Å². The van der Waals surface area contributed by atoms with Crippen LogP contribution in [-0.4, -0.2) is 42.0 Å². The molecule has 1 fully saturated rings. The molecule has 1 saturated heterocycles. The third-order valence-corrected chi connectivity index (χ3v) is 4.38. The zero-order chi connectivity index (χ0) is 18.2. The molecule has 2 aromatic rings. The first kappa shape index (κ1) is 17.6. The standard InChI is InChI=1S/C16H15ClF3N3O2/c1-10-12(2-7-25-10)15(24)23-5-3-22(4-6-23)14-13(17)8-11(9-21-14)16(18,19)20/h2,7-9H,3-6H2,1H3. The van der Waals surface area contributed by atoms with Crippen LogP contribution in [-0.2, 0) is 6.18 Å². The Morgan fingerprint density at radius 2 is 1.96 bits per heavy atom. The summed E-state index contributed by atoms with van der Waals surface area (Å²) in [6.45, 7) is 3.42. The molecule has 2 aromatic heterocycles.